The SMILES string of the molecule is CC(N)(Cc1cccc(F)c1F)c1ccccc1F. The molecule has 0 aliphatic rings. The van der Waals surface area contributed by atoms with Crippen molar-refractivity contribution in [2.24, 2.45) is 5.73 Å². The van der Waals surface area contributed by atoms with Gasteiger partial charge in [-0.3, -0.25) is 0 Å². The summed E-state index contributed by atoms with van der Waals surface area (Å²) >= 11 is 0. The van der Waals surface area contributed by atoms with E-state index in [9.17, 15) is 13.2 Å². The highest BCUT2D eigenvalue weighted by atomic mass is 19.2. The van der Waals surface area contributed by atoms with Crippen LogP contribution >= 0.6 is 0 Å². The Labute approximate surface area is 109 Å². The Balaban J connectivity index is 2.36. The van der Waals surface area contributed by atoms with Crippen molar-refractivity contribution in [2.75, 3.05) is 0 Å². The molecule has 0 heterocycles. The minimum absolute atomic E-state index is 0.0114. The minimum Gasteiger partial charge on any atom is -0.321 e. The van der Waals surface area contributed by atoms with Crippen molar-refractivity contribution in [3.05, 3.63) is 71.0 Å². The van der Waals surface area contributed by atoms with Crippen molar-refractivity contribution >= 4 is 0 Å². The summed E-state index contributed by atoms with van der Waals surface area (Å²) in [6, 6.07) is 9.95. The maximum absolute atomic E-state index is 13.7. The van der Waals surface area contributed by atoms with Gasteiger partial charge in [0.2, 0.25) is 0 Å². The lowest BCUT2D eigenvalue weighted by molar-refractivity contribution is 0.435. The molecule has 2 N–H and O–H groups in total. The largest absolute Gasteiger partial charge is 0.321 e. The normalized spacial score (nSPS) is 14.2. The van der Waals surface area contributed by atoms with Crippen LogP contribution in [0.15, 0.2) is 42.5 Å². The van der Waals surface area contributed by atoms with Crippen molar-refractivity contribution in [3.63, 3.8) is 0 Å². The first-order valence-corrected chi connectivity index (χ1v) is 5.88. The van der Waals surface area contributed by atoms with Crippen LogP contribution in [0.25, 0.3) is 0 Å². The van der Waals surface area contributed by atoms with E-state index < -0.39 is 23.0 Å². The van der Waals surface area contributed by atoms with Crippen LogP contribution in [0.1, 0.15) is 18.1 Å². The second-order valence-electron chi connectivity index (χ2n) is 4.79. The van der Waals surface area contributed by atoms with Crippen LogP contribution in [0.3, 0.4) is 0 Å². The van der Waals surface area contributed by atoms with Gasteiger partial charge in [-0.1, -0.05) is 30.3 Å². The summed E-state index contributed by atoms with van der Waals surface area (Å²) in [4.78, 5) is 0. The van der Waals surface area contributed by atoms with Gasteiger partial charge < -0.3 is 5.73 Å². The maximum atomic E-state index is 13.7. The predicted octanol–water partition coefficient (Wildman–Crippen LogP) is 3.52. The van der Waals surface area contributed by atoms with Crippen LogP contribution in [0, 0.1) is 17.5 Å². The molecule has 0 aliphatic carbocycles. The Morgan fingerprint density at radius 1 is 0.947 bits per heavy atom. The molecule has 0 aromatic heterocycles. The lowest BCUT2D eigenvalue weighted by Gasteiger charge is -2.26. The molecular weight excluding hydrogens is 251 g/mol. The number of halogens is 3. The Kier molecular flexibility index (Phi) is 3.62. The average molecular weight is 265 g/mol. The summed E-state index contributed by atoms with van der Waals surface area (Å²) in [5.41, 5.74) is 5.36. The van der Waals surface area contributed by atoms with Gasteiger partial charge in [0.15, 0.2) is 11.6 Å². The van der Waals surface area contributed by atoms with Crippen LogP contribution < -0.4 is 5.73 Å². The third kappa shape index (κ3) is 2.79. The van der Waals surface area contributed by atoms with Gasteiger partial charge in [0, 0.05) is 11.1 Å². The van der Waals surface area contributed by atoms with Gasteiger partial charge in [0.05, 0.1) is 0 Å². The molecule has 0 saturated heterocycles. The highest BCUT2D eigenvalue weighted by Crippen LogP contribution is 2.26. The molecule has 2 rings (SSSR count). The van der Waals surface area contributed by atoms with Crippen molar-refractivity contribution in [2.45, 2.75) is 18.9 Å². The molecule has 0 saturated carbocycles. The minimum atomic E-state index is -1.11. The van der Waals surface area contributed by atoms with Crippen molar-refractivity contribution < 1.29 is 13.2 Å². The Morgan fingerprint density at radius 2 is 1.58 bits per heavy atom. The van der Waals surface area contributed by atoms with E-state index in [0.717, 1.165) is 6.07 Å². The van der Waals surface area contributed by atoms with E-state index in [1.54, 1.807) is 25.1 Å². The second kappa shape index (κ2) is 5.05. The molecule has 0 radical (unpaired) electrons. The molecule has 0 bridgehead atoms. The van der Waals surface area contributed by atoms with Crippen molar-refractivity contribution in [3.8, 4) is 0 Å². The molecule has 2 aromatic carbocycles. The predicted molar refractivity (Wildman–Crippen MR) is 68.0 cm³/mol. The molecule has 0 fully saturated rings. The number of nitrogens with two attached hydrogens (primary N) is 1. The first-order valence-electron chi connectivity index (χ1n) is 5.88. The summed E-state index contributed by atoms with van der Waals surface area (Å²) in [5, 5.41) is 0. The van der Waals surface area contributed by atoms with Gasteiger partial charge >= 0.3 is 0 Å². The van der Waals surface area contributed by atoms with Gasteiger partial charge in [0.1, 0.15) is 5.82 Å². The third-order valence-corrected chi connectivity index (χ3v) is 3.08. The highest BCUT2D eigenvalue weighted by molar-refractivity contribution is 5.29. The fraction of sp³-hybridized carbons (Fsp3) is 0.200. The Hall–Kier alpha value is -1.81. The summed E-state index contributed by atoms with van der Waals surface area (Å²) in [6.07, 6.45) is 0.0114. The van der Waals surface area contributed by atoms with Gasteiger partial charge in [-0.05, 0) is 31.0 Å². The van der Waals surface area contributed by atoms with Crippen LogP contribution in [-0.4, -0.2) is 0 Å². The topological polar surface area (TPSA) is 26.0 Å². The standard InChI is InChI=1S/C15H14F3N/c1-15(19,11-6-2-3-7-12(11)16)9-10-5-4-8-13(17)14(10)18/h2-8H,9,19H2,1H3. The maximum Gasteiger partial charge on any atom is 0.162 e. The quantitative estimate of drug-likeness (QED) is 0.902. The van der Waals surface area contributed by atoms with Crippen molar-refractivity contribution in [1.82, 2.24) is 0 Å². The van der Waals surface area contributed by atoms with Crippen LogP contribution in [-0.2, 0) is 12.0 Å². The third-order valence-electron chi connectivity index (χ3n) is 3.08. The number of rotatable bonds is 3. The lowest BCUT2D eigenvalue weighted by atomic mass is 9.86. The summed E-state index contributed by atoms with van der Waals surface area (Å²) in [7, 11) is 0. The van der Waals surface area contributed by atoms with Crippen LogP contribution in [0.2, 0.25) is 0 Å². The van der Waals surface area contributed by atoms with E-state index >= 15 is 0 Å². The summed E-state index contributed by atoms with van der Waals surface area (Å²) in [5.74, 6) is -2.32. The molecule has 4 heteroatoms. The van der Waals surface area contributed by atoms with E-state index in [-0.39, 0.29) is 17.5 Å². The summed E-state index contributed by atoms with van der Waals surface area (Å²) < 4.78 is 40.5. The lowest BCUT2D eigenvalue weighted by Crippen LogP contribution is -2.36. The molecule has 19 heavy (non-hydrogen) atoms. The average Bonchev–Trinajstić information content (AvgIpc) is 2.35. The summed E-state index contributed by atoms with van der Waals surface area (Å²) in [6.45, 7) is 1.59. The number of hydrogen-bond acceptors (Lipinski definition) is 1. The zero-order valence-corrected chi connectivity index (χ0v) is 10.5. The first kappa shape index (κ1) is 13.6. The van der Waals surface area contributed by atoms with Gasteiger partial charge in [-0.15, -0.1) is 0 Å². The first-order chi connectivity index (χ1) is 8.92. The second-order valence-corrected chi connectivity index (χ2v) is 4.79. The van der Waals surface area contributed by atoms with Crippen molar-refractivity contribution in [1.29, 1.82) is 0 Å². The monoisotopic (exact) mass is 265 g/mol. The molecule has 1 unspecified atom stereocenters. The van der Waals surface area contributed by atoms with Gasteiger partial charge in [-0.25, -0.2) is 13.2 Å². The fourth-order valence-corrected chi connectivity index (χ4v) is 2.10. The molecule has 100 valence electrons. The van der Waals surface area contributed by atoms with Gasteiger partial charge in [0.25, 0.3) is 0 Å². The Morgan fingerprint density at radius 3 is 2.26 bits per heavy atom. The van der Waals surface area contributed by atoms with E-state index in [0.29, 0.717) is 0 Å². The fourth-order valence-electron chi connectivity index (χ4n) is 2.10. The molecule has 1 nitrogen and oxygen atoms in total. The van der Waals surface area contributed by atoms with Crippen LogP contribution in [0.5, 0.6) is 0 Å². The molecule has 0 aliphatic heterocycles. The molecule has 0 spiro atoms. The number of benzene rings is 2. The van der Waals surface area contributed by atoms with E-state index in [2.05, 4.69) is 0 Å². The zero-order valence-electron chi connectivity index (χ0n) is 10.5. The van der Waals surface area contributed by atoms with E-state index in [1.807, 2.05) is 0 Å². The smallest absolute Gasteiger partial charge is 0.162 e. The van der Waals surface area contributed by atoms with Gasteiger partial charge in [-0.2, -0.15) is 0 Å². The van der Waals surface area contributed by atoms with E-state index in [4.69, 9.17) is 5.73 Å². The molecule has 1 atom stereocenters. The zero-order chi connectivity index (χ0) is 14.0. The molecular formula is C15H14F3N. The molecule has 2 aromatic rings. The Bertz CT molecular complexity index is 594. The van der Waals surface area contributed by atoms with E-state index in [1.165, 1.54) is 18.2 Å². The highest BCUT2D eigenvalue weighted by Gasteiger charge is 2.26. The number of hydrogen-bond donors (Lipinski definition) is 1. The molecule has 0 amide bonds. The van der Waals surface area contributed by atoms with Crippen LogP contribution in [0.4, 0.5) is 13.2 Å².